The second-order valence-corrected chi connectivity index (χ2v) is 5.83. The Morgan fingerprint density at radius 2 is 1.95 bits per heavy atom. The van der Waals surface area contributed by atoms with Crippen LogP contribution in [0.15, 0.2) is 39.9 Å². The first-order valence-electron chi connectivity index (χ1n) is 5.46. The minimum Gasteiger partial charge on any atom is -0.377 e. The molecule has 0 fully saturated rings. The molecule has 0 bridgehead atoms. The average Bonchev–Trinajstić information content (AvgIpc) is 2.89. The predicted octanol–water partition coefficient (Wildman–Crippen LogP) is 2.72. The molecule has 1 aromatic carbocycles. The molecule has 5 nitrogen and oxygen atoms in total. The van der Waals surface area contributed by atoms with Crippen molar-refractivity contribution in [3.05, 3.63) is 42.0 Å². The van der Waals surface area contributed by atoms with Crippen LogP contribution in [0.4, 0.5) is 23.2 Å². The van der Waals surface area contributed by atoms with E-state index in [1.807, 2.05) is 0 Å². The first kappa shape index (κ1) is 15.3. The van der Waals surface area contributed by atoms with Crippen LogP contribution in [-0.2, 0) is 16.4 Å². The summed E-state index contributed by atoms with van der Waals surface area (Å²) in [5.41, 5.74) is -5.91. The Labute approximate surface area is 116 Å². The maximum Gasteiger partial charge on any atom is 0.501 e. The molecule has 0 saturated carbocycles. The van der Waals surface area contributed by atoms with Gasteiger partial charge in [0, 0.05) is 6.07 Å². The molecule has 0 aliphatic rings. The number of halogens is 4. The number of hydrogen-bond donors (Lipinski definition) is 1. The molecule has 0 atom stereocenters. The van der Waals surface area contributed by atoms with Crippen LogP contribution < -0.4 is 5.32 Å². The van der Waals surface area contributed by atoms with Crippen LogP contribution in [0, 0.1) is 5.82 Å². The zero-order valence-corrected chi connectivity index (χ0v) is 11.0. The molecule has 1 heterocycles. The van der Waals surface area contributed by atoms with E-state index < -0.39 is 26.1 Å². The number of alkyl halides is 3. The van der Waals surface area contributed by atoms with Crippen molar-refractivity contribution in [2.75, 3.05) is 5.32 Å². The SMILES string of the molecule is O=S(=O)(c1cc(F)ccc1NCc1ccno1)C(F)(F)F. The number of nitrogens with one attached hydrogen (secondary N) is 1. The van der Waals surface area contributed by atoms with Crippen LogP contribution in [0.25, 0.3) is 0 Å². The lowest BCUT2D eigenvalue weighted by molar-refractivity contribution is -0.0435. The van der Waals surface area contributed by atoms with E-state index in [1.165, 1.54) is 12.3 Å². The molecule has 0 radical (unpaired) electrons. The molecule has 0 amide bonds. The molecule has 114 valence electrons. The van der Waals surface area contributed by atoms with Gasteiger partial charge in [-0.25, -0.2) is 12.8 Å². The number of sulfone groups is 1. The van der Waals surface area contributed by atoms with Crippen LogP contribution >= 0.6 is 0 Å². The molecule has 10 heteroatoms. The van der Waals surface area contributed by atoms with Gasteiger partial charge in [-0.1, -0.05) is 5.16 Å². The van der Waals surface area contributed by atoms with Gasteiger partial charge in [-0.3, -0.25) is 0 Å². The minimum absolute atomic E-state index is 0.105. The largest absolute Gasteiger partial charge is 0.501 e. The summed E-state index contributed by atoms with van der Waals surface area (Å²) in [6.45, 7) is -0.105. The van der Waals surface area contributed by atoms with Gasteiger partial charge in [-0.15, -0.1) is 0 Å². The highest BCUT2D eigenvalue weighted by Gasteiger charge is 2.48. The fraction of sp³-hybridized carbons (Fsp3) is 0.182. The Bertz CT molecular complexity index is 726. The lowest BCUT2D eigenvalue weighted by Crippen LogP contribution is -2.24. The van der Waals surface area contributed by atoms with Crippen LogP contribution in [-0.4, -0.2) is 19.1 Å². The van der Waals surface area contributed by atoms with E-state index in [4.69, 9.17) is 4.52 Å². The van der Waals surface area contributed by atoms with E-state index >= 15 is 0 Å². The van der Waals surface area contributed by atoms with Gasteiger partial charge in [0.1, 0.15) is 10.7 Å². The fourth-order valence-corrected chi connectivity index (χ4v) is 2.45. The third kappa shape index (κ3) is 3.15. The Morgan fingerprint density at radius 3 is 2.52 bits per heavy atom. The van der Waals surface area contributed by atoms with Gasteiger partial charge in [-0.05, 0) is 18.2 Å². The van der Waals surface area contributed by atoms with Crippen molar-refractivity contribution >= 4 is 15.5 Å². The van der Waals surface area contributed by atoms with Gasteiger partial charge in [0.2, 0.25) is 0 Å². The third-order valence-corrected chi connectivity index (χ3v) is 4.01. The predicted molar refractivity (Wildman–Crippen MR) is 63.5 cm³/mol. The van der Waals surface area contributed by atoms with E-state index in [0.717, 1.165) is 12.1 Å². The van der Waals surface area contributed by atoms with Crippen LogP contribution in [0.5, 0.6) is 0 Å². The monoisotopic (exact) mass is 324 g/mol. The summed E-state index contributed by atoms with van der Waals surface area (Å²) in [5.74, 6) is -0.822. The van der Waals surface area contributed by atoms with Crippen molar-refractivity contribution < 1.29 is 30.5 Å². The summed E-state index contributed by atoms with van der Waals surface area (Å²) in [6, 6.07) is 3.50. The number of nitrogens with zero attached hydrogens (tertiary/aromatic N) is 1. The lowest BCUT2D eigenvalue weighted by atomic mass is 10.3. The van der Waals surface area contributed by atoms with Crippen LogP contribution in [0.2, 0.25) is 0 Å². The smallest absolute Gasteiger partial charge is 0.377 e. The van der Waals surface area contributed by atoms with E-state index in [1.54, 1.807) is 0 Å². The van der Waals surface area contributed by atoms with Crippen molar-refractivity contribution in [1.29, 1.82) is 0 Å². The van der Waals surface area contributed by atoms with Gasteiger partial charge in [0.15, 0.2) is 5.76 Å². The van der Waals surface area contributed by atoms with Crippen LogP contribution in [0.1, 0.15) is 5.76 Å². The first-order valence-corrected chi connectivity index (χ1v) is 6.94. The third-order valence-electron chi connectivity index (χ3n) is 2.48. The Kier molecular flexibility index (Phi) is 3.90. The maximum absolute atomic E-state index is 13.1. The second kappa shape index (κ2) is 5.35. The van der Waals surface area contributed by atoms with Gasteiger partial charge >= 0.3 is 5.51 Å². The van der Waals surface area contributed by atoms with Crippen molar-refractivity contribution in [3.8, 4) is 0 Å². The minimum atomic E-state index is -5.67. The summed E-state index contributed by atoms with van der Waals surface area (Å²) < 4.78 is 78.4. The molecule has 1 aromatic heterocycles. The zero-order valence-electron chi connectivity index (χ0n) is 10.2. The van der Waals surface area contributed by atoms with E-state index in [-0.39, 0.29) is 18.0 Å². The summed E-state index contributed by atoms with van der Waals surface area (Å²) in [5, 5.41) is 5.83. The van der Waals surface area contributed by atoms with Crippen molar-refractivity contribution in [3.63, 3.8) is 0 Å². The van der Waals surface area contributed by atoms with Gasteiger partial charge in [-0.2, -0.15) is 13.2 Å². The van der Waals surface area contributed by atoms with Gasteiger partial charge in [0.05, 0.1) is 18.4 Å². The summed E-state index contributed by atoms with van der Waals surface area (Å²) in [7, 11) is -5.67. The number of hydrogen-bond acceptors (Lipinski definition) is 5. The van der Waals surface area contributed by atoms with Crippen molar-refractivity contribution in [1.82, 2.24) is 5.16 Å². The molecular formula is C11H8F4N2O3S. The summed E-state index contributed by atoms with van der Waals surface area (Å²) in [4.78, 5) is -1.19. The molecular weight excluding hydrogens is 316 g/mol. The molecule has 2 aromatic rings. The Morgan fingerprint density at radius 1 is 1.24 bits per heavy atom. The molecule has 0 aliphatic carbocycles. The molecule has 1 N–H and O–H groups in total. The number of aromatic nitrogens is 1. The zero-order chi connectivity index (χ0) is 15.7. The van der Waals surface area contributed by atoms with Gasteiger partial charge < -0.3 is 9.84 Å². The summed E-state index contributed by atoms with van der Waals surface area (Å²) in [6.07, 6.45) is 1.31. The van der Waals surface area contributed by atoms with E-state index in [0.29, 0.717) is 6.07 Å². The lowest BCUT2D eigenvalue weighted by Gasteiger charge is -2.13. The topological polar surface area (TPSA) is 72.2 Å². The normalized spacial score (nSPS) is 12.4. The standard InChI is InChI=1S/C11H8F4N2O3S/c12-7-1-2-9(16-6-8-3-4-17-20-8)10(5-7)21(18,19)11(13,14)15/h1-5,16H,6H2. The fourth-order valence-electron chi connectivity index (χ4n) is 1.50. The maximum atomic E-state index is 13.1. The van der Waals surface area contributed by atoms with Crippen LogP contribution in [0.3, 0.4) is 0 Å². The molecule has 0 saturated heterocycles. The molecule has 0 aliphatic heterocycles. The quantitative estimate of drug-likeness (QED) is 0.876. The first-order chi connectivity index (χ1) is 9.72. The Hall–Kier alpha value is -2.10. The number of rotatable bonds is 4. The second-order valence-electron chi connectivity index (χ2n) is 3.92. The highest BCUT2D eigenvalue weighted by Crippen LogP contribution is 2.34. The Balaban J connectivity index is 2.39. The average molecular weight is 324 g/mol. The highest BCUT2D eigenvalue weighted by atomic mass is 32.2. The highest BCUT2D eigenvalue weighted by molar-refractivity contribution is 7.92. The molecule has 0 spiro atoms. The van der Waals surface area contributed by atoms with E-state index in [2.05, 4.69) is 10.5 Å². The molecule has 21 heavy (non-hydrogen) atoms. The summed E-state index contributed by atoms with van der Waals surface area (Å²) >= 11 is 0. The van der Waals surface area contributed by atoms with E-state index in [9.17, 15) is 26.0 Å². The van der Waals surface area contributed by atoms with Gasteiger partial charge in [0.25, 0.3) is 9.84 Å². The molecule has 0 unspecified atom stereocenters. The number of benzene rings is 1. The molecule has 2 rings (SSSR count). The van der Waals surface area contributed by atoms with Crippen molar-refractivity contribution in [2.45, 2.75) is 16.9 Å². The number of anilines is 1. The van der Waals surface area contributed by atoms with Crippen molar-refractivity contribution in [2.24, 2.45) is 0 Å².